The van der Waals surface area contributed by atoms with Crippen LogP contribution in [0.5, 0.6) is 11.5 Å². The van der Waals surface area contributed by atoms with Crippen LogP contribution >= 0.6 is 11.3 Å². The molecular formula is C20H15N3O4S. The number of fused-ring (bicyclic) bond motifs is 1. The predicted molar refractivity (Wildman–Crippen MR) is 107 cm³/mol. The first-order chi connectivity index (χ1) is 13.5. The lowest BCUT2D eigenvalue weighted by molar-refractivity contribution is 0.0607. The lowest BCUT2D eigenvalue weighted by Gasteiger charge is -2.09. The Morgan fingerprint density at radius 3 is 2.21 bits per heavy atom. The quantitative estimate of drug-likeness (QED) is 0.453. The number of thiophene rings is 1. The van der Waals surface area contributed by atoms with Gasteiger partial charge in [-0.25, -0.2) is 14.8 Å². The van der Waals surface area contributed by atoms with Crippen LogP contribution in [0.15, 0.2) is 48.5 Å². The highest BCUT2D eigenvalue weighted by atomic mass is 32.1. The van der Waals surface area contributed by atoms with Crippen LogP contribution in [0.3, 0.4) is 0 Å². The number of aromatic nitrogens is 2. The Bertz CT molecular complexity index is 1220. The number of phenols is 2. The second kappa shape index (κ2) is 6.82. The Morgan fingerprint density at radius 2 is 1.61 bits per heavy atom. The van der Waals surface area contributed by atoms with Crippen molar-refractivity contribution < 1.29 is 19.7 Å². The number of para-hydroxylation sites is 2. The minimum atomic E-state index is -0.576. The second-order valence-electron chi connectivity index (χ2n) is 5.95. The summed E-state index contributed by atoms with van der Waals surface area (Å²) in [7, 11) is 1.27. The Morgan fingerprint density at radius 1 is 1.00 bits per heavy atom. The van der Waals surface area contributed by atoms with Gasteiger partial charge in [0.25, 0.3) is 0 Å². The van der Waals surface area contributed by atoms with E-state index in [4.69, 9.17) is 10.5 Å². The summed E-state index contributed by atoms with van der Waals surface area (Å²) in [6, 6.07) is 13.3. The van der Waals surface area contributed by atoms with Crippen molar-refractivity contribution >= 4 is 33.2 Å². The molecule has 7 nitrogen and oxygen atoms in total. The predicted octanol–water partition coefficient (Wildman–Crippen LogP) is 3.81. The molecule has 0 spiro atoms. The molecule has 140 valence electrons. The van der Waals surface area contributed by atoms with Gasteiger partial charge in [0.2, 0.25) is 0 Å². The summed E-state index contributed by atoms with van der Waals surface area (Å²) >= 11 is 1.07. The average Bonchev–Trinajstić information content (AvgIpc) is 3.04. The molecule has 0 atom stereocenters. The van der Waals surface area contributed by atoms with Crippen molar-refractivity contribution in [2.24, 2.45) is 0 Å². The maximum absolute atomic E-state index is 12.1. The molecule has 0 aliphatic carbocycles. The highest BCUT2D eigenvalue weighted by molar-refractivity contribution is 7.21. The van der Waals surface area contributed by atoms with Gasteiger partial charge in [0.15, 0.2) is 5.82 Å². The van der Waals surface area contributed by atoms with E-state index in [1.165, 1.54) is 19.2 Å². The van der Waals surface area contributed by atoms with Gasteiger partial charge in [0.1, 0.15) is 21.2 Å². The van der Waals surface area contributed by atoms with Gasteiger partial charge in [0, 0.05) is 5.56 Å². The molecule has 2 heterocycles. The summed E-state index contributed by atoms with van der Waals surface area (Å²) in [4.78, 5) is 21.8. The number of esters is 1. The molecule has 4 N–H and O–H groups in total. The minimum Gasteiger partial charge on any atom is -0.507 e. The topological polar surface area (TPSA) is 119 Å². The van der Waals surface area contributed by atoms with E-state index in [0.717, 1.165) is 11.3 Å². The molecule has 0 saturated heterocycles. The van der Waals surface area contributed by atoms with Crippen LogP contribution in [0.1, 0.15) is 9.67 Å². The standard InChI is InChI=1S/C20H15N3O4S/c1-27-20(26)17-15(21)14-16(10-6-2-4-8-12(10)24)22-18(23-19(14)28-17)11-7-3-5-9-13(11)25/h2-9,24-25H,21H2,1H3. The molecule has 4 aromatic rings. The number of ether oxygens (including phenoxy) is 1. The molecule has 8 heteroatoms. The first-order valence-corrected chi connectivity index (χ1v) is 9.08. The number of rotatable bonds is 3. The van der Waals surface area contributed by atoms with Crippen molar-refractivity contribution in [1.82, 2.24) is 9.97 Å². The number of hydrogen-bond donors (Lipinski definition) is 3. The SMILES string of the molecule is COC(=O)c1sc2nc(-c3ccccc3O)nc(-c3ccccc3O)c2c1N. The van der Waals surface area contributed by atoms with E-state index in [2.05, 4.69) is 9.97 Å². The van der Waals surface area contributed by atoms with Crippen LogP contribution in [-0.4, -0.2) is 33.3 Å². The molecule has 4 rings (SSSR count). The van der Waals surface area contributed by atoms with Crippen LogP contribution in [0.2, 0.25) is 0 Å². The number of benzene rings is 2. The summed E-state index contributed by atoms with van der Waals surface area (Å²) in [5, 5.41) is 21.0. The van der Waals surface area contributed by atoms with E-state index in [-0.39, 0.29) is 27.9 Å². The number of nitrogens with zero attached hydrogens (tertiary/aromatic N) is 2. The number of nitrogens with two attached hydrogens (primary N) is 1. The van der Waals surface area contributed by atoms with Gasteiger partial charge in [-0.3, -0.25) is 0 Å². The van der Waals surface area contributed by atoms with Gasteiger partial charge in [-0.15, -0.1) is 11.3 Å². The van der Waals surface area contributed by atoms with Crippen LogP contribution in [0, 0.1) is 0 Å². The molecule has 2 aromatic heterocycles. The first-order valence-electron chi connectivity index (χ1n) is 8.26. The third kappa shape index (κ3) is 2.80. The first kappa shape index (κ1) is 17.7. The van der Waals surface area contributed by atoms with Crippen molar-refractivity contribution in [2.75, 3.05) is 12.8 Å². The second-order valence-corrected chi connectivity index (χ2v) is 6.95. The van der Waals surface area contributed by atoms with E-state index < -0.39 is 5.97 Å². The molecule has 0 radical (unpaired) electrons. The average molecular weight is 393 g/mol. The maximum Gasteiger partial charge on any atom is 0.350 e. The summed E-state index contributed by atoms with van der Waals surface area (Å²) in [5.74, 6) is -0.298. The third-order valence-electron chi connectivity index (χ3n) is 4.26. The van der Waals surface area contributed by atoms with E-state index >= 15 is 0 Å². The van der Waals surface area contributed by atoms with Crippen molar-refractivity contribution in [3.8, 4) is 34.1 Å². The minimum absolute atomic E-state index is 0.0101. The maximum atomic E-state index is 12.1. The fourth-order valence-corrected chi connectivity index (χ4v) is 3.93. The normalized spacial score (nSPS) is 10.9. The Labute approximate surface area is 163 Å². The van der Waals surface area contributed by atoms with Crippen LogP contribution in [0.25, 0.3) is 32.9 Å². The van der Waals surface area contributed by atoms with E-state index in [1.54, 1.807) is 36.4 Å². The van der Waals surface area contributed by atoms with Gasteiger partial charge in [-0.1, -0.05) is 24.3 Å². The number of methoxy groups -OCH3 is 1. The third-order valence-corrected chi connectivity index (χ3v) is 5.34. The molecule has 0 unspecified atom stereocenters. The molecule has 2 aromatic carbocycles. The monoisotopic (exact) mass is 393 g/mol. The van der Waals surface area contributed by atoms with Crippen molar-refractivity contribution in [1.29, 1.82) is 0 Å². The Kier molecular flexibility index (Phi) is 4.32. The number of aromatic hydroxyl groups is 2. The molecule has 28 heavy (non-hydrogen) atoms. The van der Waals surface area contributed by atoms with Gasteiger partial charge < -0.3 is 20.7 Å². The number of hydrogen-bond acceptors (Lipinski definition) is 8. The fraction of sp³-hybridized carbons (Fsp3) is 0.0500. The zero-order valence-corrected chi connectivity index (χ0v) is 15.5. The Balaban J connectivity index is 2.09. The summed E-state index contributed by atoms with van der Waals surface area (Å²) in [5.41, 5.74) is 7.64. The van der Waals surface area contributed by atoms with E-state index in [9.17, 15) is 15.0 Å². The highest BCUT2D eigenvalue weighted by Gasteiger charge is 2.24. The molecule has 0 fully saturated rings. The number of nitrogen functional groups attached to an aromatic ring is 1. The number of carbonyl (C=O) groups is 1. The van der Waals surface area contributed by atoms with Crippen LogP contribution in [-0.2, 0) is 4.74 Å². The molecular weight excluding hydrogens is 378 g/mol. The largest absolute Gasteiger partial charge is 0.507 e. The lowest BCUT2D eigenvalue weighted by Crippen LogP contribution is -2.02. The molecule has 0 bridgehead atoms. The van der Waals surface area contributed by atoms with E-state index in [0.29, 0.717) is 27.0 Å². The lowest BCUT2D eigenvalue weighted by atomic mass is 10.1. The smallest absolute Gasteiger partial charge is 0.350 e. The van der Waals surface area contributed by atoms with Gasteiger partial charge in [-0.05, 0) is 24.3 Å². The number of anilines is 1. The zero-order valence-electron chi connectivity index (χ0n) is 14.7. The molecule has 0 saturated carbocycles. The van der Waals surface area contributed by atoms with Crippen LogP contribution < -0.4 is 5.73 Å². The molecule has 0 amide bonds. The van der Waals surface area contributed by atoms with Crippen molar-refractivity contribution in [3.05, 3.63) is 53.4 Å². The summed E-state index contributed by atoms with van der Waals surface area (Å²) in [6.45, 7) is 0. The van der Waals surface area contributed by atoms with Crippen molar-refractivity contribution in [2.45, 2.75) is 0 Å². The van der Waals surface area contributed by atoms with Crippen LogP contribution in [0.4, 0.5) is 5.69 Å². The van der Waals surface area contributed by atoms with E-state index in [1.807, 2.05) is 0 Å². The summed E-state index contributed by atoms with van der Waals surface area (Å²) in [6.07, 6.45) is 0. The van der Waals surface area contributed by atoms with Gasteiger partial charge >= 0.3 is 5.97 Å². The van der Waals surface area contributed by atoms with Gasteiger partial charge in [0.05, 0.1) is 29.4 Å². The fourth-order valence-electron chi connectivity index (χ4n) is 2.92. The molecule has 0 aliphatic heterocycles. The zero-order chi connectivity index (χ0) is 19.8. The van der Waals surface area contributed by atoms with Gasteiger partial charge in [-0.2, -0.15) is 0 Å². The summed E-state index contributed by atoms with van der Waals surface area (Å²) < 4.78 is 4.80. The highest BCUT2D eigenvalue weighted by Crippen LogP contribution is 2.42. The number of carbonyl (C=O) groups excluding carboxylic acids is 1. The Hall–Kier alpha value is -3.65. The van der Waals surface area contributed by atoms with Crippen molar-refractivity contribution in [3.63, 3.8) is 0 Å². The number of phenolic OH excluding ortho intramolecular Hbond substituents is 2. The molecule has 0 aliphatic rings.